The molecular weight excluding hydrogens is 167 g/mol. The van der Waals surface area contributed by atoms with Crippen molar-refractivity contribution in [3.05, 3.63) is 0 Å². The van der Waals surface area contributed by atoms with Crippen molar-refractivity contribution >= 4 is 0 Å². The third-order valence-corrected chi connectivity index (χ3v) is 3.14. The normalized spacial score (nSPS) is 30.7. The van der Waals surface area contributed by atoms with Crippen LogP contribution >= 0.6 is 0 Å². The van der Waals surface area contributed by atoms with Crippen molar-refractivity contribution < 1.29 is 4.39 Å². The summed E-state index contributed by atoms with van der Waals surface area (Å²) < 4.78 is 12.0. The second-order valence-corrected chi connectivity index (χ2v) is 4.19. The van der Waals surface area contributed by atoms with Gasteiger partial charge in [0.15, 0.2) is 0 Å². The molecule has 0 aromatic rings. The third-order valence-electron chi connectivity index (χ3n) is 3.14. The molecule has 1 aliphatic carbocycles. The summed E-state index contributed by atoms with van der Waals surface area (Å²) in [6, 6.07) is 0.709. The van der Waals surface area contributed by atoms with Crippen LogP contribution in [0.4, 0.5) is 4.39 Å². The molecule has 3 heteroatoms. The van der Waals surface area contributed by atoms with Crippen LogP contribution < -0.4 is 5.32 Å². The summed E-state index contributed by atoms with van der Waals surface area (Å²) in [5, 5.41) is 3.43. The predicted octanol–water partition coefficient (Wildman–Crippen LogP) is 1.03. The second-order valence-electron chi connectivity index (χ2n) is 4.19. The first-order valence-electron chi connectivity index (χ1n) is 5.42. The van der Waals surface area contributed by atoms with E-state index in [2.05, 4.69) is 10.2 Å². The van der Waals surface area contributed by atoms with Gasteiger partial charge in [-0.3, -0.25) is 9.29 Å². The lowest BCUT2D eigenvalue weighted by atomic mass is 10.1. The van der Waals surface area contributed by atoms with Crippen LogP contribution in [0.1, 0.15) is 19.3 Å². The number of halogens is 1. The largest absolute Gasteiger partial charge is 0.314 e. The van der Waals surface area contributed by atoms with Gasteiger partial charge in [-0.05, 0) is 25.2 Å². The van der Waals surface area contributed by atoms with Gasteiger partial charge in [-0.1, -0.05) is 0 Å². The molecule has 0 aromatic heterocycles. The number of nitrogens with one attached hydrogen (secondary N) is 1. The first-order valence-corrected chi connectivity index (χ1v) is 5.42. The van der Waals surface area contributed by atoms with Crippen molar-refractivity contribution in [3.8, 4) is 0 Å². The van der Waals surface area contributed by atoms with Crippen molar-refractivity contribution in [1.29, 1.82) is 0 Å². The number of hydrogen-bond acceptors (Lipinski definition) is 2. The van der Waals surface area contributed by atoms with E-state index >= 15 is 0 Å². The van der Waals surface area contributed by atoms with Gasteiger partial charge in [0.1, 0.15) is 0 Å². The molecule has 1 aliphatic heterocycles. The highest BCUT2D eigenvalue weighted by Crippen LogP contribution is 2.35. The maximum atomic E-state index is 12.0. The number of nitrogens with zero attached hydrogens (tertiary/aromatic N) is 1. The number of alkyl halides is 1. The van der Waals surface area contributed by atoms with Crippen LogP contribution in [-0.2, 0) is 0 Å². The molecule has 0 aromatic carbocycles. The van der Waals surface area contributed by atoms with Crippen molar-refractivity contribution in [2.75, 3.05) is 32.9 Å². The van der Waals surface area contributed by atoms with E-state index in [4.69, 9.17) is 0 Å². The van der Waals surface area contributed by atoms with Crippen molar-refractivity contribution in [1.82, 2.24) is 10.2 Å². The zero-order valence-electron chi connectivity index (χ0n) is 8.14. The minimum absolute atomic E-state index is 0.165. The Labute approximate surface area is 79.5 Å². The van der Waals surface area contributed by atoms with E-state index in [0.717, 1.165) is 32.1 Å². The highest BCUT2D eigenvalue weighted by Gasteiger charge is 2.35. The Morgan fingerprint density at radius 3 is 2.92 bits per heavy atom. The highest BCUT2D eigenvalue weighted by molar-refractivity contribution is 4.92. The fourth-order valence-corrected chi connectivity index (χ4v) is 2.25. The minimum atomic E-state index is -0.165. The highest BCUT2D eigenvalue weighted by atomic mass is 19.1. The van der Waals surface area contributed by atoms with Crippen molar-refractivity contribution in [2.24, 2.45) is 5.92 Å². The Kier molecular flexibility index (Phi) is 3.17. The Morgan fingerprint density at radius 2 is 2.23 bits per heavy atom. The molecule has 2 fully saturated rings. The Bertz CT molecular complexity index is 159. The van der Waals surface area contributed by atoms with E-state index in [-0.39, 0.29) is 6.67 Å². The summed E-state index contributed by atoms with van der Waals surface area (Å²) in [5.74, 6) is 0.910. The summed E-state index contributed by atoms with van der Waals surface area (Å²) >= 11 is 0. The Balaban J connectivity index is 1.81. The molecule has 1 heterocycles. The van der Waals surface area contributed by atoms with Crippen molar-refractivity contribution in [3.63, 3.8) is 0 Å². The molecule has 2 nitrogen and oxygen atoms in total. The Hall–Kier alpha value is -0.150. The lowest BCUT2D eigenvalue weighted by Gasteiger charge is -2.36. The third kappa shape index (κ3) is 2.41. The standard InChI is InChI=1S/C10H19FN2/c11-4-1-6-13-7-5-12-8-10(13)9-2-3-9/h9-10,12H,1-8H2. The van der Waals surface area contributed by atoms with Crippen LogP contribution in [0.2, 0.25) is 0 Å². The molecule has 0 amide bonds. The lowest BCUT2D eigenvalue weighted by Crippen LogP contribution is -2.52. The van der Waals surface area contributed by atoms with Gasteiger partial charge < -0.3 is 5.32 Å². The van der Waals surface area contributed by atoms with E-state index < -0.39 is 0 Å². The van der Waals surface area contributed by atoms with Gasteiger partial charge in [0.25, 0.3) is 0 Å². The lowest BCUT2D eigenvalue weighted by molar-refractivity contribution is 0.138. The molecule has 13 heavy (non-hydrogen) atoms. The van der Waals surface area contributed by atoms with Gasteiger partial charge >= 0.3 is 0 Å². The van der Waals surface area contributed by atoms with Gasteiger partial charge in [-0.25, -0.2) is 0 Å². The molecule has 0 spiro atoms. The first-order chi connectivity index (χ1) is 6.42. The van der Waals surface area contributed by atoms with Crippen molar-refractivity contribution in [2.45, 2.75) is 25.3 Å². The Morgan fingerprint density at radius 1 is 1.38 bits per heavy atom. The molecule has 1 saturated carbocycles. The molecule has 76 valence electrons. The number of rotatable bonds is 4. The smallest absolute Gasteiger partial charge is 0.0906 e. The van der Waals surface area contributed by atoms with Crippen LogP contribution in [0.15, 0.2) is 0 Å². The average Bonchev–Trinajstić information content (AvgIpc) is 2.98. The van der Waals surface area contributed by atoms with Crippen LogP contribution in [0, 0.1) is 5.92 Å². The average molecular weight is 186 g/mol. The van der Waals surface area contributed by atoms with Crippen LogP contribution in [0.3, 0.4) is 0 Å². The predicted molar refractivity (Wildman–Crippen MR) is 51.5 cm³/mol. The SMILES string of the molecule is FCCCN1CCNCC1C1CC1. The molecule has 1 unspecified atom stereocenters. The second kappa shape index (κ2) is 4.38. The maximum absolute atomic E-state index is 12.0. The van der Waals surface area contributed by atoms with Gasteiger partial charge in [0, 0.05) is 32.2 Å². The fourth-order valence-electron chi connectivity index (χ4n) is 2.25. The quantitative estimate of drug-likeness (QED) is 0.705. The molecule has 1 saturated heterocycles. The molecule has 2 rings (SSSR count). The molecule has 1 N–H and O–H groups in total. The monoisotopic (exact) mass is 186 g/mol. The summed E-state index contributed by atoms with van der Waals surface area (Å²) in [6.07, 6.45) is 3.49. The van der Waals surface area contributed by atoms with Crippen LogP contribution in [0.5, 0.6) is 0 Å². The summed E-state index contributed by atoms with van der Waals surface area (Å²) in [7, 11) is 0. The first kappa shape index (κ1) is 9.41. The summed E-state index contributed by atoms with van der Waals surface area (Å²) in [4.78, 5) is 2.48. The topological polar surface area (TPSA) is 15.3 Å². The van der Waals surface area contributed by atoms with Crippen LogP contribution in [-0.4, -0.2) is 43.8 Å². The summed E-state index contributed by atoms with van der Waals surface area (Å²) in [5.41, 5.74) is 0. The fraction of sp³-hybridized carbons (Fsp3) is 1.00. The zero-order valence-corrected chi connectivity index (χ0v) is 8.14. The van der Waals surface area contributed by atoms with E-state index in [1.165, 1.54) is 12.8 Å². The molecule has 2 aliphatic rings. The van der Waals surface area contributed by atoms with Gasteiger partial charge in [0.05, 0.1) is 6.67 Å². The number of piperazine rings is 1. The van der Waals surface area contributed by atoms with E-state index in [1.54, 1.807) is 0 Å². The minimum Gasteiger partial charge on any atom is -0.314 e. The molecule has 0 bridgehead atoms. The van der Waals surface area contributed by atoms with Gasteiger partial charge in [-0.2, -0.15) is 0 Å². The maximum Gasteiger partial charge on any atom is 0.0906 e. The molecular formula is C10H19FN2. The molecule has 0 radical (unpaired) electrons. The van der Waals surface area contributed by atoms with E-state index in [0.29, 0.717) is 12.5 Å². The van der Waals surface area contributed by atoms with E-state index in [1.807, 2.05) is 0 Å². The zero-order chi connectivity index (χ0) is 9.10. The number of hydrogen-bond donors (Lipinski definition) is 1. The van der Waals surface area contributed by atoms with Gasteiger partial charge in [-0.15, -0.1) is 0 Å². The molecule has 1 atom stereocenters. The summed E-state index contributed by atoms with van der Waals surface area (Å²) in [6.45, 7) is 4.11. The van der Waals surface area contributed by atoms with E-state index in [9.17, 15) is 4.39 Å². The van der Waals surface area contributed by atoms with Gasteiger partial charge in [0.2, 0.25) is 0 Å². The van der Waals surface area contributed by atoms with Crippen LogP contribution in [0.25, 0.3) is 0 Å².